The summed E-state index contributed by atoms with van der Waals surface area (Å²) in [6, 6.07) is 21.2. The van der Waals surface area contributed by atoms with Crippen molar-refractivity contribution in [1.82, 2.24) is 25.2 Å². The van der Waals surface area contributed by atoms with Crippen molar-refractivity contribution in [2.24, 2.45) is 0 Å². The second kappa shape index (κ2) is 11.7. The Morgan fingerprint density at radius 1 is 1.08 bits per heavy atom. The molecule has 0 radical (unpaired) electrons. The van der Waals surface area contributed by atoms with Gasteiger partial charge in [0.05, 0.1) is 31.5 Å². The standard InChI is InChI=1S/C28H27N5O4S/c1-2-36-25-14-6-3-11-22(25)27(28(35)29-17-20-9-7-15-37-20)32(18-21-10-8-16-38-21)26(34)19-33-24-13-5-4-12-23(24)30-31-33/h3-16,27H,2,17-19H2,1H3,(H,29,35)/t27-/m1/s1. The lowest BCUT2D eigenvalue weighted by molar-refractivity contribution is -0.142. The lowest BCUT2D eigenvalue weighted by Crippen LogP contribution is -2.44. The number of aromatic nitrogens is 3. The number of carbonyl (C=O) groups excluding carboxylic acids is 2. The molecule has 10 heteroatoms. The van der Waals surface area contributed by atoms with Crippen molar-refractivity contribution in [3.8, 4) is 5.75 Å². The van der Waals surface area contributed by atoms with Crippen LogP contribution in [0.2, 0.25) is 0 Å². The maximum Gasteiger partial charge on any atom is 0.247 e. The van der Waals surface area contributed by atoms with E-state index in [4.69, 9.17) is 9.15 Å². The van der Waals surface area contributed by atoms with Crippen molar-refractivity contribution < 1.29 is 18.7 Å². The van der Waals surface area contributed by atoms with E-state index < -0.39 is 6.04 Å². The molecular formula is C28H27N5O4S. The number of rotatable bonds is 11. The van der Waals surface area contributed by atoms with Crippen LogP contribution in [0.5, 0.6) is 5.75 Å². The van der Waals surface area contributed by atoms with Gasteiger partial charge in [0.15, 0.2) is 0 Å². The fourth-order valence-corrected chi connectivity index (χ4v) is 4.98. The number of ether oxygens (including phenoxy) is 1. The third-order valence-electron chi connectivity index (χ3n) is 6.02. The number of fused-ring (bicyclic) bond motifs is 1. The zero-order chi connectivity index (χ0) is 26.3. The molecule has 0 aliphatic heterocycles. The van der Waals surface area contributed by atoms with Crippen LogP contribution < -0.4 is 10.1 Å². The van der Waals surface area contributed by atoms with Crippen molar-refractivity contribution in [3.63, 3.8) is 0 Å². The first-order valence-electron chi connectivity index (χ1n) is 12.3. The normalized spacial score (nSPS) is 11.8. The summed E-state index contributed by atoms with van der Waals surface area (Å²) < 4.78 is 12.8. The zero-order valence-electron chi connectivity index (χ0n) is 20.8. The first-order valence-corrected chi connectivity index (χ1v) is 13.1. The number of amides is 2. The summed E-state index contributed by atoms with van der Waals surface area (Å²) in [7, 11) is 0. The van der Waals surface area contributed by atoms with Gasteiger partial charge in [-0.05, 0) is 48.7 Å². The highest BCUT2D eigenvalue weighted by Gasteiger charge is 2.34. The Labute approximate surface area is 223 Å². The minimum absolute atomic E-state index is 0.0787. The highest BCUT2D eigenvalue weighted by Crippen LogP contribution is 2.32. The first-order chi connectivity index (χ1) is 18.6. The van der Waals surface area contributed by atoms with E-state index in [9.17, 15) is 9.59 Å². The van der Waals surface area contributed by atoms with Gasteiger partial charge in [-0.15, -0.1) is 16.4 Å². The zero-order valence-corrected chi connectivity index (χ0v) is 21.6. The van der Waals surface area contributed by atoms with Gasteiger partial charge >= 0.3 is 0 Å². The third kappa shape index (κ3) is 5.60. The lowest BCUT2D eigenvalue weighted by Gasteiger charge is -2.32. The van der Waals surface area contributed by atoms with Gasteiger partial charge in [0.2, 0.25) is 11.8 Å². The van der Waals surface area contributed by atoms with Crippen LogP contribution in [0.4, 0.5) is 0 Å². The molecule has 0 spiro atoms. The van der Waals surface area contributed by atoms with E-state index in [2.05, 4.69) is 15.6 Å². The molecule has 194 valence electrons. The van der Waals surface area contributed by atoms with Crippen molar-refractivity contribution in [2.45, 2.75) is 32.6 Å². The molecular weight excluding hydrogens is 502 g/mol. The van der Waals surface area contributed by atoms with Crippen molar-refractivity contribution in [2.75, 3.05) is 6.61 Å². The molecule has 3 aromatic heterocycles. The van der Waals surface area contributed by atoms with Crippen LogP contribution in [0.25, 0.3) is 11.0 Å². The predicted octanol–water partition coefficient (Wildman–Crippen LogP) is 4.57. The van der Waals surface area contributed by atoms with Crippen LogP contribution in [-0.2, 0) is 29.2 Å². The van der Waals surface area contributed by atoms with E-state index in [1.54, 1.807) is 28.0 Å². The Bertz CT molecular complexity index is 1500. The molecule has 1 N–H and O–H groups in total. The van der Waals surface area contributed by atoms with Gasteiger partial charge < -0.3 is 19.4 Å². The molecule has 2 amide bonds. The van der Waals surface area contributed by atoms with Crippen LogP contribution in [0.1, 0.15) is 29.2 Å². The van der Waals surface area contributed by atoms with E-state index >= 15 is 0 Å². The minimum atomic E-state index is -0.961. The number of hydrogen-bond donors (Lipinski definition) is 1. The molecule has 5 rings (SSSR count). The molecule has 1 atom stereocenters. The summed E-state index contributed by atoms with van der Waals surface area (Å²) in [5, 5.41) is 13.3. The van der Waals surface area contributed by atoms with Crippen LogP contribution in [-0.4, -0.2) is 38.3 Å². The summed E-state index contributed by atoms with van der Waals surface area (Å²) in [6.45, 7) is 2.65. The van der Waals surface area contributed by atoms with E-state index in [1.165, 1.54) is 11.3 Å². The van der Waals surface area contributed by atoms with E-state index in [-0.39, 0.29) is 31.4 Å². The van der Waals surface area contributed by atoms with Crippen LogP contribution >= 0.6 is 11.3 Å². The fraction of sp³-hybridized carbons (Fsp3) is 0.214. The van der Waals surface area contributed by atoms with Gasteiger partial charge in [-0.1, -0.05) is 41.6 Å². The molecule has 0 aliphatic carbocycles. The quantitative estimate of drug-likeness (QED) is 0.269. The second-order valence-corrected chi connectivity index (χ2v) is 9.54. The van der Waals surface area contributed by atoms with Gasteiger partial charge in [0.25, 0.3) is 0 Å². The summed E-state index contributed by atoms with van der Waals surface area (Å²) >= 11 is 1.52. The molecule has 0 bridgehead atoms. The molecule has 0 unspecified atom stereocenters. The van der Waals surface area contributed by atoms with Gasteiger partial charge in [0.1, 0.15) is 29.6 Å². The molecule has 38 heavy (non-hydrogen) atoms. The molecule has 3 heterocycles. The molecule has 2 aromatic carbocycles. The summed E-state index contributed by atoms with van der Waals surface area (Å²) in [6.07, 6.45) is 1.55. The fourth-order valence-electron chi connectivity index (χ4n) is 4.28. The SMILES string of the molecule is CCOc1ccccc1[C@H](C(=O)NCc1ccco1)N(Cc1cccs1)C(=O)Cn1nnc2ccccc21. The third-order valence-corrected chi connectivity index (χ3v) is 6.88. The molecule has 0 saturated carbocycles. The molecule has 9 nitrogen and oxygen atoms in total. The van der Waals surface area contributed by atoms with Crippen LogP contribution in [0.3, 0.4) is 0 Å². The predicted molar refractivity (Wildman–Crippen MR) is 143 cm³/mol. The number of thiophene rings is 1. The minimum Gasteiger partial charge on any atom is -0.494 e. The molecule has 0 saturated heterocycles. The molecule has 0 aliphatic rings. The van der Waals surface area contributed by atoms with Crippen molar-refractivity contribution >= 4 is 34.2 Å². The highest BCUT2D eigenvalue weighted by atomic mass is 32.1. The number of benzene rings is 2. The van der Waals surface area contributed by atoms with Gasteiger partial charge in [-0.2, -0.15) is 0 Å². The lowest BCUT2D eigenvalue weighted by atomic mass is 10.0. The number of para-hydroxylation sites is 2. The number of carbonyl (C=O) groups is 2. The molecule has 0 fully saturated rings. The summed E-state index contributed by atoms with van der Waals surface area (Å²) in [4.78, 5) is 30.4. The second-order valence-electron chi connectivity index (χ2n) is 8.51. The maximum atomic E-state index is 14.0. The molecule has 5 aromatic rings. The van der Waals surface area contributed by atoms with E-state index in [0.717, 1.165) is 10.4 Å². The monoisotopic (exact) mass is 529 g/mol. The maximum absolute atomic E-state index is 14.0. The Hall–Kier alpha value is -4.44. The smallest absolute Gasteiger partial charge is 0.247 e. The summed E-state index contributed by atoms with van der Waals surface area (Å²) in [5.41, 5.74) is 2.03. The van der Waals surface area contributed by atoms with Crippen molar-refractivity contribution in [1.29, 1.82) is 0 Å². The van der Waals surface area contributed by atoms with Crippen LogP contribution in [0, 0.1) is 0 Å². The van der Waals surface area contributed by atoms with Crippen LogP contribution in [0.15, 0.2) is 88.9 Å². The Morgan fingerprint density at radius 2 is 1.92 bits per heavy atom. The average Bonchev–Trinajstić information content (AvgIpc) is 3.71. The number of hydrogen-bond acceptors (Lipinski definition) is 7. The van der Waals surface area contributed by atoms with E-state index in [1.807, 2.05) is 73.0 Å². The number of nitrogens with one attached hydrogen (secondary N) is 1. The summed E-state index contributed by atoms with van der Waals surface area (Å²) in [5.74, 6) is 0.532. The number of nitrogens with zero attached hydrogens (tertiary/aromatic N) is 4. The Balaban J connectivity index is 1.53. The highest BCUT2D eigenvalue weighted by molar-refractivity contribution is 7.09. The Morgan fingerprint density at radius 3 is 2.71 bits per heavy atom. The van der Waals surface area contributed by atoms with Gasteiger partial charge in [-0.3, -0.25) is 9.59 Å². The average molecular weight is 530 g/mol. The first kappa shape index (κ1) is 25.2. The van der Waals surface area contributed by atoms with Gasteiger partial charge in [-0.25, -0.2) is 4.68 Å². The Kier molecular flexibility index (Phi) is 7.79. The number of furan rings is 1. The van der Waals surface area contributed by atoms with E-state index in [0.29, 0.717) is 29.2 Å². The van der Waals surface area contributed by atoms with Crippen molar-refractivity contribution in [3.05, 3.63) is 101 Å². The topological polar surface area (TPSA) is 102 Å². The van der Waals surface area contributed by atoms with Gasteiger partial charge in [0, 0.05) is 10.4 Å². The largest absolute Gasteiger partial charge is 0.494 e.